The number of aliphatic hydroxyl groups is 2. The Kier molecular flexibility index (Phi) is 8.33. The summed E-state index contributed by atoms with van der Waals surface area (Å²) in [6, 6.07) is 0. The SMILES string of the molecule is CCCCCC(=O)N1CCOC(O[C@H]2CCC34CC35CCC3(C)C6CCC([C@H](O)C(C)(C)O)OC6CC3C5CCC4C2(C)C)C1. The standard InChI is InChI=1S/C38H63NO6/c1-7-8-9-10-31(40)39-19-20-43-32(22-39)45-30-15-16-38-23-37(38)18-17-36(6)25-11-13-27(33(41)35(4,5)42)44-28(25)21-26(36)24(37)12-14-29(38)34(30,2)3/h24-30,32-33,41-42H,7-23H2,1-6H3/t24?,25?,26?,27?,28?,29?,30-,32?,33-,36?,37?,38?/m0/s1. The topological polar surface area (TPSA) is 88.5 Å². The second kappa shape index (κ2) is 11.4. The van der Waals surface area contributed by atoms with Crippen LogP contribution < -0.4 is 0 Å². The third-order valence-corrected chi connectivity index (χ3v) is 15.3. The van der Waals surface area contributed by atoms with E-state index in [9.17, 15) is 15.0 Å². The van der Waals surface area contributed by atoms with Crippen molar-refractivity contribution in [2.24, 2.45) is 45.3 Å². The van der Waals surface area contributed by atoms with E-state index in [4.69, 9.17) is 14.2 Å². The van der Waals surface area contributed by atoms with Crippen LogP contribution in [0.2, 0.25) is 0 Å². The number of carbonyl (C=O) groups excluding carboxylic acids is 1. The molecule has 0 radical (unpaired) electrons. The van der Waals surface area contributed by atoms with E-state index in [1.54, 1.807) is 13.8 Å². The zero-order valence-electron chi connectivity index (χ0n) is 29.2. The summed E-state index contributed by atoms with van der Waals surface area (Å²) in [5, 5.41) is 21.4. The molecule has 1 amide bonds. The highest BCUT2D eigenvalue weighted by Crippen LogP contribution is 2.87. The minimum atomic E-state index is -1.14. The maximum Gasteiger partial charge on any atom is 0.222 e. The van der Waals surface area contributed by atoms with Crippen molar-refractivity contribution in [3.63, 3.8) is 0 Å². The van der Waals surface area contributed by atoms with Crippen LogP contribution in [0, 0.1) is 45.3 Å². The van der Waals surface area contributed by atoms with Crippen LogP contribution in [0.1, 0.15) is 131 Å². The fraction of sp³-hybridized carbons (Fsp3) is 0.974. The quantitative estimate of drug-likeness (QED) is 0.299. The highest BCUT2D eigenvalue weighted by atomic mass is 16.7. The number of fused-ring (bicyclic) bond motifs is 4. The Bertz CT molecular complexity index is 1120. The van der Waals surface area contributed by atoms with Gasteiger partial charge in [-0.3, -0.25) is 4.79 Å². The zero-order chi connectivity index (χ0) is 32.0. The summed E-state index contributed by atoms with van der Waals surface area (Å²) < 4.78 is 19.6. The molecule has 7 nitrogen and oxygen atoms in total. The first-order valence-corrected chi connectivity index (χ1v) is 18.9. The van der Waals surface area contributed by atoms with Crippen molar-refractivity contribution in [3.05, 3.63) is 0 Å². The normalized spacial score (nSPS) is 47.5. The molecule has 2 heterocycles. The Morgan fingerprint density at radius 3 is 2.53 bits per heavy atom. The van der Waals surface area contributed by atoms with Crippen molar-refractivity contribution >= 4 is 5.91 Å². The zero-order valence-corrected chi connectivity index (χ0v) is 29.2. The molecule has 5 saturated carbocycles. The van der Waals surface area contributed by atoms with Gasteiger partial charge in [-0.25, -0.2) is 0 Å². The molecule has 12 atom stereocenters. The molecule has 0 aromatic heterocycles. The average molecular weight is 630 g/mol. The van der Waals surface area contributed by atoms with Gasteiger partial charge in [0.25, 0.3) is 0 Å². The first-order chi connectivity index (χ1) is 21.3. The number of nitrogens with zero attached hydrogens (tertiary/aromatic N) is 1. The second-order valence-electron chi connectivity index (χ2n) is 18.2. The molecule has 10 unspecified atom stereocenters. The molecule has 45 heavy (non-hydrogen) atoms. The van der Waals surface area contributed by atoms with Gasteiger partial charge >= 0.3 is 0 Å². The van der Waals surface area contributed by atoms with E-state index in [-0.39, 0.29) is 35.9 Å². The van der Waals surface area contributed by atoms with Gasteiger partial charge in [-0.15, -0.1) is 0 Å². The van der Waals surface area contributed by atoms with Crippen LogP contribution in [0.25, 0.3) is 0 Å². The molecule has 2 saturated heterocycles. The molecule has 0 aromatic rings. The Hall–Kier alpha value is -0.730. The predicted octanol–water partition coefficient (Wildman–Crippen LogP) is 6.48. The number of aliphatic hydroxyl groups excluding tert-OH is 1. The van der Waals surface area contributed by atoms with Gasteiger partial charge in [0.1, 0.15) is 6.10 Å². The van der Waals surface area contributed by atoms with E-state index in [2.05, 4.69) is 27.7 Å². The molecule has 0 bridgehead atoms. The van der Waals surface area contributed by atoms with Crippen LogP contribution >= 0.6 is 0 Å². The number of rotatable bonds is 8. The molecule has 2 aliphatic heterocycles. The molecule has 2 N–H and O–H groups in total. The molecular weight excluding hydrogens is 566 g/mol. The van der Waals surface area contributed by atoms with Gasteiger partial charge in [0.15, 0.2) is 6.29 Å². The molecule has 7 rings (SSSR count). The minimum absolute atomic E-state index is 0.0808. The number of hydrogen-bond donors (Lipinski definition) is 2. The van der Waals surface area contributed by atoms with Crippen molar-refractivity contribution in [1.82, 2.24) is 4.90 Å². The summed E-state index contributed by atoms with van der Waals surface area (Å²) in [6.45, 7) is 14.9. The Morgan fingerprint density at radius 1 is 1.00 bits per heavy atom. The average Bonchev–Trinajstić information content (AvgIpc) is 3.57. The lowest BCUT2D eigenvalue weighted by molar-refractivity contribution is -0.244. The van der Waals surface area contributed by atoms with Crippen LogP contribution in [0.4, 0.5) is 0 Å². The van der Waals surface area contributed by atoms with E-state index >= 15 is 0 Å². The van der Waals surface area contributed by atoms with Gasteiger partial charge in [0, 0.05) is 13.0 Å². The van der Waals surface area contributed by atoms with E-state index in [0.717, 1.165) is 50.9 Å². The van der Waals surface area contributed by atoms with Gasteiger partial charge in [-0.05, 0) is 130 Å². The molecule has 256 valence electrons. The lowest BCUT2D eigenvalue weighted by Crippen LogP contribution is -2.56. The van der Waals surface area contributed by atoms with E-state index in [1.165, 1.54) is 38.5 Å². The molecule has 5 aliphatic carbocycles. The minimum Gasteiger partial charge on any atom is -0.388 e. The summed E-state index contributed by atoms with van der Waals surface area (Å²) in [5.41, 5.74) is 0.195. The molecule has 0 aromatic carbocycles. The van der Waals surface area contributed by atoms with Crippen molar-refractivity contribution < 1.29 is 29.2 Å². The van der Waals surface area contributed by atoms with Crippen LogP contribution in [-0.4, -0.2) is 77.0 Å². The first-order valence-electron chi connectivity index (χ1n) is 18.9. The van der Waals surface area contributed by atoms with Crippen LogP contribution in [0.5, 0.6) is 0 Å². The lowest BCUT2D eigenvalue weighted by atomic mass is 9.46. The van der Waals surface area contributed by atoms with Gasteiger partial charge in [0.05, 0.1) is 37.1 Å². The third kappa shape index (κ3) is 5.09. The van der Waals surface area contributed by atoms with E-state index < -0.39 is 11.7 Å². The molecule has 7 aliphatic rings. The summed E-state index contributed by atoms with van der Waals surface area (Å²) in [6.07, 6.45) is 14.9. The number of hydrogen-bond acceptors (Lipinski definition) is 6. The Labute approximate surface area is 272 Å². The van der Waals surface area contributed by atoms with E-state index in [0.29, 0.717) is 60.1 Å². The summed E-state index contributed by atoms with van der Waals surface area (Å²) in [4.78, 5) is 14.8. The third-order valence-electron chi connectivity index (χ3n) is 15.3. The molecule has 7 heteroatoms. The van der Waals surface area contributed by atoms with Gasteiger partial charge in [-0.1, -0.05) is 40.5 Å². The summed E-state index contributed by atoms with van der Waals surface area (Å²) in [5.74, 6) is 2.98. The number of unbranched alkanes of at least 4 members (excludes halogenated alkanes) is 2. The Morgan fingerprint density at radius 2 is 1.78 bits per heavy atom. The maximum atomic E-state index is 12.9. The molecule has 2 spiro atoms. The van der Waals surface area contributed by atoms with Crippen LogP contribution in [0.15, 0.2) is 0 Å². The van der Waals surface area contributed by atoms with Crippen molar-refractivity contribution in [2.45, 2.75) is 168 Å². The van der Waals surface area contributed by atoms with Crippen molar-refractivity contribution in [2.75, 3.05) is 19.7 Å². The largest absolute Gasteiger partial charge is 0.388 e. The fourth-order valence-corrected chi connectivity index (χ4v) is 13.0. The van der Waals surface area contributed by atoms with Crippen molar-refractivity contribution in [3.8, 4) is 0 Å². The van der Waals surface area contributed by atoms with Gasteiger partial charge in [0.2, 0.25) is 5.91 Å². The fourth-order valence-electron chi connectivity index (χ4n) is 13.0. The van der Waals surface area contributed by atoms with Crippen LogP contribution in [0.3, 0.4) is 0 Å². The second-order valence-corrected chi connectivity index (χ2v) is 18.2. The highest BCUT2D eigenvalue weighted by molar-refractivity contribution is 5.76. The predicted molar refractivity (Wildman–Crippen MR) is 173 cm³/mol. The van der Waals surface area contributed by atoms with Crippen molar-refractivity contribution in [1.29, 1.82) is 0 Å². The summed E-state index contributed by atoms with van der Waals surface area (Å²) >= 11 is 0. The van der Waals surface area contributed by atoms with Gasteiger partial charge in [-0.2, -0.15) is 0 Å². The smallest absolute Gasteiger partial charge is 0.222 e. The number of amides is 1. The Balaban J connectivity index is 1.02. The monoisotopic (exact) mass is 629 g/mol. The van der Waals surface area contributed by atoms with Crippen LogP contribution in [-0.2, 0) is 19.0 Å². The number of morpholine rings is 1. The van der Waals surface area contributed by atoms with Gasteiger partial charge < -0.3 is 29.3 Å². The number of ether oxygens (including phenoxy) is 3. The highest BCUT2D eigenvalue weighted by Gasteiger charge is 2.80. The maximum absolute atomic E-state index is 12.9. The summed E-state index contributed by atoms with van der Waals surface area (Å²) in [7, 11) is 0. The first kappa shape index (κ1) is 32.8. The molecular formula is C38H63NO6. The molecule has 7 fully saturated rings. The lowest BCUT2D eigenvalue weighted by Gasteiger charge is -2.60. The number of carbonyl (C=O) groups is 1. The van der Waals surface area contributed by atoms with E-state index in [1.807, 2.05) is 4.90 Å².